The van der Waals surface area contributed by atoms with E-state index in [4.69, 9.17) is 16.0 Å². The quantitative estimate of drug-likeness (QED) is 0.252. The molecular weight excluding hydrogens is 516 g/mol. The summed E-state index contributed by atoms with van der Waals surface area (Å²) >= 11 is 5.94. The number of hydrogen-bond acceptors (Lipinski definition) is 6. The molecule has 0 saturated heterocycles. The van der Waals surface area contributed by atoms with Gasteiger partial charge in [0.2, 0.25) is 10.0 Å². The summed E-state index contributed by atoms with van der Waals surface area (Å²) in [5, 5.41) is 6.70. The molecule has 0 aliphatic carbocycles. The van der Waals surface area contributed by atoms with Crippen molar-refractivity contribution in [1.29, 1.82) is 0 Å². The van der Waals surface area contributed by atoms with E-state index in [-0.39, 0.29) is 23.7 Å². The van der Waals surface area contributed by atoms with Gasteiger partial charge in [0, 0.05) is 17.1 Å². The van der Waals surface area contributed by atoms with Gasteiger partial charge in [-0.3, -0.25) is 9.59 Å². The van der Waals surface area contributed by atoms with Crippen LogP contribution in [0.25, 0.3) is 0 Å². The van der Waals surface area contributed by atoms with Crippen LogP contribution in [0.5, 0.6) is 0 Å². The molecule has 2 aromatic carbocycles. The van der Waals surface area contributed by atoms with E-state index in [1.165, 1.54) is 34.8 Å². The minimum atomic E-state index is -3.89. The van der Waals surface area contributed by atoms with Crippen LogP contribution >= 0.6 is 11.6 Å². The van der Waals surface area contributed by atoms with E-state index in [1.807, 2.05) is 31.2 Å². The number of rotatable bonds is 8. The third-order valence-electron chi connectivity index (χ3n) is 5.00. The van der Waals surface area contributed by atoms with Crippen LogP contribution in [0, 0.1) is 6.92 Å². The van der Waals surface area contributed by atoms with Gasteiger partial charge in [-0.1, -0.05) is 41.4 Å². The smallest absolute Gasteiger partial charge is 0.329 e. The number of hydrazone groups is 1. The number of hydrogen-bond donors (Lipinski definition) is 2. The van der Waals surface area contributed by atoms with E-state index in [0.29, 0.717) is 10.8 Å². The van der Waals surface area contributed by atoms with Gasteiger partial charge in [-0.25, -0.2) is 13.8 Å². The lowest BCUT2D eigenvalue weighted by Gasteiger charge is -2.21. The predicted molar refractivity (Wildman–Crippen MR) is 141 cm³/mol. The first kappa shape index (κ1) is 28.1. The molecule has 0 spiro atoms. The van der Waals surface area contributed by atoms with Crippen LogP contribution in [0.2, 0.25) is 5.02 Å². The van der Waals surface area contributed by atoms with Crippen LogP contribution < -0.4 is 10.7 Å². The fourth-order valence-corrected chi connectivity index (χ4v) is 4.72. The Bertz CT molecular complexity index is 1380. The fraction of sp³-hybridized carbons (Fsp3) is 0.269. The monoisotopic (exact) mass is 544 g/mol. The van der Waals surface area contributed by atoms with Gasteiger partial charge in [-0.2, -0.15) is 9.41 Å². The second kappa shape index (κ2) is 11.7. The van der Waals surface area contributed by atoms with Crippen LogP contribution in [-0.4, -0.2) is 36.3 Å². The molecule has 2 N–H and O–H groups in total. The van der Waals surface area contributed by atoms with Crippen molar-refractivity contribution in [1.82, 2.24) is 15.0 Å². The summed E-state index contributed by atoms with van der Waals surface area (Å²) in [5.74, 6) is -1.10. The Morgan fingerprint density at radius 2 is 1.62 bits per heavy atom. The van der Waals surface area contributed by atoms with E-state index in [9.17, 15) is 18.0 Å². The first-order chi connectivity index (χ1) is 17.3. The Hall–Kier alpha value is -3.47. The van der Waals surface area contributed by atoms with Crippen molar-refractivity contribution in [3.8, 4) is 0 Å². The molecule has 11 heteroatoms. The Morgan fingerprint density at radius 3 is 2.24 bits per heavy atom. The van der Waals surface area contributed by atoms with Gasteiger partial charge in [0.25, 0.3) is 0 Å². The molecule has 0 unspecified atom stereocenters. The van der Waals surface area contributed by atoms with Crippen LogP contribution in [0.4, 0.5) is 0 Å². The molecule has 37 heavy (non-hydrogen) atoms. The largest absolute Gasteiger partial charge is 0.459 e. The first-order valence-electron chi connectivity index (χ1n) is 11.4. The zero-order chi connectivity index (χ0) is 27.2. The summed E-state index contributed by atoms with van der Waals surface area (Å²) in [7, 11) is -3.89. The molecule has 0 atom stereocenters. The van der Waals surface area contributed by atoms with Crippen LogP contribution in [0.3, 0.4) is 0 Å². The van der Waals surface area contributed by atoms with Crippen LogP contribution in [0.15, 0.2) is 75.1 Å². The molecule has 1 aromatic heterocycles. The fourth-order valence-electron chi connectivity index (χ4n) is 3.20. The van der Waals surface area contributed by atoms with Gasteiger partial charge in [0.05, 0.1) is 17.7 Å². The molecule has 0 fully saturated rings. The predicted octanol–water partition coefficient (Wildman–Crippen LogP) is 4.00. The Labute approximate surface area is 221 Å². The summed E-state index contributed by atoms with van der Waals surface area (Å²) in [4.78, 5) is 23.8. The number of carbonyl (C=O) groups excluding carboxylic acids is 2. The molecule has 196 valence electrons. The minimum absolute atomic E-state index is 0.0486. The summed E-state index contributed by atoms with van der Waals surface area (Å²) < 4.78 is 34.0. The van der Waals surface area contributed by atoms with Gasteiger partial charge in [0.1, 0.15) is 11.5 Å². The van der Waals surface area contributed by atoms with E-state index in [2.05, 4.69) is 15.8 Å². The van der Waals surface area contributed by atoms with Gasteiger partial charge in [-0.15, -0.1) is 0 Å². The molecule has 0 aliphatic rings. The lowest BCUT2D eigenvalue weighted by molar-refractivity contribution is -0.140. The van der Waals surface area contributed by atoms with Crippen molar-refractivity contribution >= 4 is 39.7 Å². The van der Waals surface area contributed by atoms with Gasteiger partial charge in [0.15, 0.2) is 0 Å². The zero-order valence-electron chi connectivity index (χ0n) is 21.0. The standard InChI is InChI=1S/C26H29ClN4O5S/c1-18-5-7-19(8-6-18)16-31(37(34,35)23-13-9-20(27)10-14-23)17-22-12-11-21(36-22)15-28-30-25(33)24(32)29-26(2,3)4/h5-15H,16-17H2,1-4H3,(H,29,32)(H,30,33)/b28-15+. The molecule has 3 aromatic rings. The molecule has 0 bridgehead atoms. The highest BCUT2D eigenvalue weighted by Crippen LogP contribution is 2.23. The second-order valence-corrected chi connectivity index (χ2v) is 11.8. The average molecular weight is 545 g/mol. The normalized spacial score (nSPS) is 12.2. The molecule has 3 rings (SSSR count). The summed E-state index contributed by atoms with van der Waals surface area (Å²) in [6.45, 7) is 7.28. The molecule has 9 nitrogen and oxygen atoms in total. The maximum atomic E-state index is 13.5. The highest BCUT2D eigenvalue weighted by atomic mass is 35.5. The molecular formula is C26H29ClN4O5S. The first-order valence-corrected chi connectivity index (χ1v) is 13.2. The summed E-state index contributed by atoms with van der Waals surface area (Å²) in [6.07, 6.45) is 1.23. The van der Waals surface area contributed by atoms with E-state index in [1.54, 1.807) is 32.9 Å². The number of nitrogens with one attached hydrogen (secondary N) is 2. The van der Waals surface area contributed by atoms with Crippen molar-refractivity contribution in [3.63, 3.8) is 0 Å². The van der Waals surface area contributed by atoms with Crippen molar-refractivity contribution in [2.45, 2.75) is 51.2 Å². The SMILES string of the molecule is Cc1ccc(CN(Cc2ccc(/C=N/NC(=O)C(=O)NC(C)(C)C)o2)S(=O)(=O)c2ccc(Cl)cc2)cc1. The molecule has 0 aliphatic heterocycles. The van der Waals surface area contributed by atoms with Crippen molar-refractivity contribution < 1.29 is 22.4 Å². The number of carbonyl (C=O) groups is 2. The van der Waals surface area contributed by atoms with Gasteiger partial charge >= 0.3 is 11.8 Å². The lowest BCUT2D eigenvalue weighted by atomic mass is 10.1. The van der Waals surface area contributed by atoms with E-state index >= 15 is 0 Å². The molecule has 2 amide bonds. The number of furan rings is 1. The number of nitrogens with zero attached hydrogens (tertiary/aromatic N) is 2. The van der Waals surface area contributed by atoms with Gasteiger partial charge < -0.3 is 9.73 Å². The Balaban J connectivity index is 1.76. The minimum Gasteiger partial charge on any atom is -0.459 e. The molecule has 0 saturated carbocycles. The summed E-state index contributed by atoms with van der Waals surface area (Å²) in [5.41, 5.74) is 3.44. The van der Waals surface area contributed by atoms with Gasteiger partial charge in [-0.05, 0) is 69.7 Å². The maximum absolute atomic E-state index is 13.5. The maximum Gasteiger partial charge on any atom is 0.329 e. The lowest BCUT2D eigenvalue weighted by Crippen LogP contribution is -2.47. The van der Waals surface area contributed by atoms with Crippen molar-refractivity contribution in [2.75, 3.05) is 0 Å². The Kier molecular flexibility index (Phi) is 8.90. The van der Waals surface area contributed by atoms with Crippen LogP contribution in [0.1, 0.15) is 43.4 Å². The third kappa shape index (κ3) is 8.28. The summed E-state index contributed by atoms with van der Waals surface area (Å²) in [6, 6.07) is 16.7. The molecule has 1 heterocycles. The number of benzene rings is 2. The second-order valence-electron chi connectivity index (χ2n) is 9.42. The number of sulfonamides is 1. The molecule has 0 radical (unpaired) electrons. The number of halogens is 1. The average Bonchev–Trinajstić information content (AvgIpc) is 3.26. The van der Waals surface area contributed by atoms with E-state index < -0.39 is 27.4 Å². The van der Waals surface area contributed by atoms with Crippen LogP contribution in [-0.2, 0) is 32.7 Å². The van der Waals surface area contributed by atoms with Crippen molar-refractivity contribution in [2.24, 2.45) is 5.10 Å². The zero-order valence-corrected chi connectivity index (χ0v) is 22.6. The number of aryl methyl sites for hydroxylation is 1. The number of amides is 2. The van der Waals surface area contributed by atoms with E-state index in [0.717, 1.165) is 11.1 Å². The highest BCUT2D eigenvalue weighted by molar-refractivity contribution is 7.89. The highest BCUT2D eigenvalue weighted by Gasteiger charge is 2.26. The third-order valence-corrected chi connectivity index (χ3v) is 7.06. The Morgan fingerprint density at radius 1 is 0.973 bits per heavy atom. The van der Waals surface area contributed by atoms with Crippen molar-refractivity contribution in [3.05, 3.63) is 88.3 Å². The topological polar surface area (TPSA) is 121 Å².